The highest BCUT2D eigenvalue weighted by Crippen LogP contribution is 2.17. The van der Waals surface area contributed by atoms with E-state index in [9.17, 15) is 13.2 Å². The number of hydrogen-bond acceptors (Lipinski definition) is 3. The van der Waals surface area contributed by atoms with Crippen LogP contribution in [0.4, 0.5) is 0 Å². The molecule has 1 rings (SSSR count). The molecular formula is C11H15BrN2O3S. The van der Waals surface area contributed by atoms with Crippen LogP contribution in [0.15, 0.2) is 22.7 Å². The molecule has 7 heteroatoms. The molecule has 0 bridgehead atoms. The van der Waals surface area contributed by atoms with Crippen molar-refractivity contribution in [2.24, 2.45) is 0 Å². The van der Waals surface area contributed by atoms with E-state index in [1.165, 1.54) is 0 Å². The summed E-state index contributed by atoms with van der Waals surface area (Å²) in [7, 11) is -3.21. The lowest BCUT2D eigenvalue weighted by Gasteiger charge is -2.07. The van der Waals surface area contributed by atoms with Crippen molar-refractivity contribution in [3.63, 3.8) is 0 Å². The molecule has 0 aliphatic carbocycles. The van der Waals surface area contributed by atoms with Crippen LogP contribution in [0.1, 0.15) is 15.9 Å². The molecule has 18 heavy (non-hydrogen) atoms. The lowest BCUT2D eigenvalue weighted by atomic mass is 10.1. The maximum absolute atomic E-state index is 11.7. The summed E-state index contributed by atoms with van der Waals surface area (Å²) < 4.78 is 24.8. The molecule has 2 N–H and O–H groups in total. The fraction of sp³-hybridized carbons (Fsp3) is 0.364. The van der Waals surface area contributed by atoms with E-state index in [0.29, 0.717) is 5.56 Å². The van der Waals surface area contributed by atoms with Gasteiger partial charge in [0.25, 0.3) is 5.91 Å². The van der Waals surface area contributed by atoms with Crippen LogP contribution in [0, 0.1) is 6.92 Å². The van der Waals surface area contributed by atoms with Gasteiger partial charge in [0.15, 0.2) is 0 Å². The van der Waals surface area contributed by atoms with Crippen LogP contribution in [-0.4, -0.2) is 33.7 Å². The fourth-order valence-corrected chi connectivity index (χ4v) is 2.10. The van der Waals surface area contributed by atoms with Gasteiger partial charge in [-0.15, -0.1) is 0 Å². The number of sulfonamides is 1. The van der Waals surface area contributed by atoms with E-state index >= 15 is 0 Å². The maximum atomic E-state index is 11.7. The van der Waals surface area contributed by atoms with E-state index in [-0.39, 0.29) is 19.0 Å². The van der Waals surface area contributed by atoms with Gasteiger partial charge in [0.05, 0.1) is 6.26 Å². The Balaban J connectivity index is 2.48. The van der Waals surface area contributed by atoms with Crippen LogP contribution in [0.3, 0.4) is 0 Å². The van der Waals surface area contributed by atoms with Gasteiger partial charge in [-0.2, -0.15) is 0 Å². The Morgan fingerprint density at radius 2 is 2.00 bits per heavy atom. The summed E-state index contributed by atoms with van der Waals surface area (Å²) in [6.45, 7) is 2.36. The molecule has 1 amide bonds. The first kappa shape index (κ1) is 15.1. The Bertz CT molecular complexity index is 543. The average Bonchev–Trinajstić information content (AvgIpc) is 2.26. The van der Waals surface area contributed by atoms with E-state index in [4.69, 9.17) is 0 Å². The predicted molar refractivity (Wildman–Crippen MR) is 74.1 cm³/mol. The normalized spacial score (nSPS) is 11.3. The number of carbonyl (C=O) groups excluding carboxylic acids is 1. The zero-order valence-corrected chi connectivity index (χ0v) is 12.6. The number of rotatable bonds is 5. The van der Waals surface area contributed by atoms with Crippen LogP contribution in [-0.2, 0) is 10.0 Å². The van der Waals surface area contributed by atoms with Crippen LogP contribution < -0.4 is 10.0 Å². The third-order valence-electron chi connectivity index (χ3n) is 2.21. The molecule has 1 aromatic carbocycles. The first-order valence-corrected chi connectivity index (χ1v) is 7.97. The molecule has 0 atom stereocenters. The lowest BCUT2D eigenvalue weighted by molar-refractivity contribution is 0.0954. The van der Waals surface area contributed by atoms with Gasteiger partial charge in [0.2, 0.25) is 10.0 Å². The molecule has 5 nitrogen and oxygen atoms in total. The molecule has 0 saturated carbocycles. The standard InChI is InChI=1S/C11H15BrN2O3S/c1-8-3-4-9(7-10(8)12)11(15)13-5-6-14-18(2,16)17/h3-4,7,14H,5-6H2,1-2H3,(H,13,15). The Kier molecular flexibility index (Phi) is 5.30. The molecule has 0 aliphatic rings. The van der Waals surface area contributed by atoms with Gasteiger partial charge in [0.1, 0.15) is 0 Å². The van der Waals surface area contributed by atoms with Crippen molar-refractivity contribution in [1.29, 1.82) is 0 Å². The maximum Gasteiger partial charge on any atom is 0.251 e. The number of amides is 1. The Morgan fingerprint density at radius 3 is 2.56 bits per heavy atom. The second kappa shape index (κ2) is 6.31. The van der Waals surface area contributed by atoms with Gasteiger partial charge in [-0.1, -0.05) is 22.0 Å². The third-order valence-corrected chi connectivity index (χ3v) is 3.79. The molecule has 0 aromatic heterocycles. The SMILES string of the molecule is Cc1ccc(C(=O)NCCNS(C)(=O)=O)cc1Br. The fourth-order valence-electron chi connectivity index (χ4n) is 1.25. The Morgan fingerprint density at radius 1 is 1.33 bits per heavy atom. The molecule has 0 radical (unpaired) electrons. The predicted octanol–water partition coefficient (Wildman–Crippen LogP) is 1.04. The molecule has 0 aliphatic heterocycles. The van der Waals surface area contributed by atoms with Crippen LogP contribution >= 0.6 is 15.9 Å². The van der Waals surface area contributed by atoms with Crippen molar-refractivity contribution >= 4 is 31.9 Å². The van der Waals surface area contributed by atoms with Crippen molar-refractivity contribution in [1.82, 2.24) is 10.0 Å². The number of nitrogens with one attached hydrogen (secondary N) is 2. The number of hydrogen-bond donors (Lipinski definition) is 2. The number of halogens is 1. The van der Waals surface area contributed by atoms with Gasteiger partial charge >= 0.3 is 0 Å². The zero-order chi connectivity index (χ0) is 13.8. The summed E-state index contributed by atoms with van der Waals surface area (Å²) in [6, 6.07) is 5.29. The van der Waals surface area contributed by atoms with Crippen molar-refractivity contribution in [3.05, 3.63) is 33.8 Å². The molecule has 1 aromatic rings. The van der Waals surface area contributed by atoms with Gasteiger partial charge in [-0.05, 0) is 24.6 Å². The first-order chi connectivity index (χ1) is 8.29. The summed E-state index contributed by atoms with van der Waals surface area (Å²) in [5.74, 6) is -0.231. The number of benzene rings is 1. The van der Waals surface area contributed by atoms with E-state index < -0.39 is 10.0 Å². The third kappa shape index (κ3) is 5.16. The largest absolute Gasteiger partial charge is 0.351 e. The highest BCUT2D eigenvalue weighted by atomic mass is 79.9. The summed E-state index contributed by atoms with van der Waals surface area (Å²) >= 11 is 3.35. The summed E-state index contributed by atoms with van der Waals surface area (Å²) in [4.78, 5) is 11.7. The van der Waals surface area contributed by atoms with E-state index in [2.05, 4.69) is 26.0 Å². The van der Waals surface area contributed by atoms with Crippen molar-refractivity contribution in [2.45, 2.75) is 6.92 Å². The van der Waals surface area contributed by atoms with Crippen LogP contribution in [0.5, 0.6) is 0 Å². The van der Waals surface area contributed by atoms with Gasteiger partial charge in [0, 0.05) is 23.1 Å². The molecule has 100 valence electrons. The van der Waals surface area contributed by atoms with Gasteiger partial charge in [-0.25, -0.2) is 13.1 Å². The lowest BCUT2D eigenvalue weighted by Crippen LogP contribution is -2.34. The second-order valence-electron chi connectivity index (χ2n) is 3.89. The van der Waals surface area contributed by atoms with Crippen molar-refractivity contribution in [2.75, 3.05) is 19.3 Å². The van der Waals surface area contributed by atoms with E-state index in [1.54, 1.807) is 12.1 Å². The number of aryl methyl sites for hydroxylation is 1. The molecule has 0 heterocycles. The van der Waals surface area contributed by atoms with E-state index in [0.717, 1.165) is 16.3 Å². The number of carbonyl (C=O) groups is 1. The summed E-state index contributed by atoms with van der Waals surface area (Å²) in [6.07, 6.45) is 1.08. The molecule has 0 saturated heterocycles. The summed E-state index contributed by atoms with van der Waals surface area (Å²) in [5, 5.41) is 2.63. The quantitative estimate of drug-likeness (QED) is 0.790. The second-order valence-corrected chi connectivity index (χ2v) is 6.57. The Labute approximate surface area is 115 Å². The summed E-state index contributed by atoms with van der Waals surface area (Å²) in [5.41, 5.74) is 1.58. The highest BCUT2D eigenvalue weighted by Gasteiger charge is 2.07. The Hall–Kier alpha value is -0.920. The molecule has 0 fully saturated rings. The van der Waals surface area contributed by atoms with Crippen LogP contribution in [0.25, 0.3) is 0 Å². The minimum absolute atomic E-state index is 0.178. The highest BCUT2D eigenvalue weighted by molar-refractivity contribution is 9.10. The zero-order valence-electron chi connectivity index (χ0n) is 10.2. The smallest absolute Gasteiger partial charge is 0.251 e. The molecular weight excluding hydrogens is 320 g/mol. The topological polar surface area (TPSA) is 75.3 Å². The van der Waals surface area contributed by atoms with E-state index in [1.807, 2.05) is 13.0 Å². The van der Waals surface area contributed by atoms with Crippen molar-refractivity contribution in [3.8, 4) is 0 Å². The van der Waals surface area contributed by atoms with Gasteiger partial charge < -0.3 is 5.32 Å². The average molecular weight is 335 g/mol. The monoisotopic (exact) mass is 334 g/mol. The van der Waals surface area contributed by atoms with Gasteiger partial charge in [-0.3, -0.25) is 4.79 Å². The van der Waals surface area contributed by atoms with Crippen LogP contribution in [0.2, 0.25) is 0 Å². The first-order valence-electron chi connectivity index (χ1n) is 5.28. The van der Waals surface area contributed by atoms with Crippen molar-refractivity contribution < 1.29 is 13.2 Å². The molecule has 0 unspecified atom stereocenters. The minimum Gasteiger partial charge on any atom is -0.351 e. The molecule has 0 spiro atoms. The minimum atomic E-state index is -3.21.